The molecule has 0 saturated heterocycles. The standard InChI is InChI=1S/C12H21N3O/c1-9(7-8-13)5-6-11-14-12(15-16-11)10-3-2-4-10/h9-10H,2-8,13H2,1H3. The van der Waals surface area contributed by atoms with Crippen molar-refractivity contribution in [2.75, 3.05) is 6.54 Å². The van der Waals surface area contributed by atoms with Gasteiger partial charge in [0.15, 0.2) is 5.82 Å². The molecule has 1 atom stereocenters. The number of rotatable bonds is 6. The lowest BCUT2D eigenvalue weighted by Crippen LogP contribution is -2.10. The van der Waals surface area contributed by atoms with Crippen LogP contribution in [0.4, 0.5) is 0 Å². The molecule has 1 unspecified atom stereocenters. The third-order valence-electron chi connectivity index (χ3n) is 3.46. The molecule has 90 valence electrons. The van der Waals surface area contributed by atoms with E-state index >= 15 is 0 Å². The smallest absolute Gasteiger partial charge is 0.226 e. The molecular weight excluding hydrogens is 202 g/mol. The number of aryl methyl sites for hydroxylation is 1. The number of nitrogens with zero attached hydrogens (tertiary/aromatic N) is 2. The van der Waals surface area contributed by atoms with Gasteiger partial charge in [-0.1, -0.05) is 18.5 Å². The summed E-state index contributed by atoms with van der Waals surface area (Å²) in [5, 5.41) is 4.05. The minimum absolute atomic E-state index is 0.568. The first-order chi connectivity index (χ1) is 7.79. The van der Waals surface area contributed by atoms with Gasteiger partial charge in [0, 0.05) is 12.3 Å². The Labute approximate surface area is 96.6 Å². The summed E-state index contributed by atoms with van der Waals surface area (Å²) in [6, 6.07) is 0. The van der Waals surface area contributed by atoms with Crippen molar-refractivity contribution in [3.63, 3.8) is 0 Å². The first-order valence-electron chi connectivity index (χ1n) is 6.32. The van der Waals surface area contributed by atoms with Gasteiger partial charge < -0.3 is 10.3 Å². The Hall–Kier alpha value is -0.900. The second-order valence-corrected chi connectivity index (χ2v) is 4.90. The summed E-state index contributed by atoms with van der Waals surface area (Å²) in [6.45, 7) is 2.98. The summed E-state index contributed by atoms with van der Waals surface area (Å²) in [5.74, 6) is 2.93. The van der Waals surface area contributed by atoms with Crippen molar-refractivity contribution in [3.8, 4) is 0 Å². The van der Waals surface area contributed by atoms with Crippen LogP contribution in [0.15, 0.2) is 4.52 Å². The van der Waals surface area contributed by atoms with E-state index in [1.165, 1.54) is 19.3 Å². The highest BCUT2D eigenvalue weighted by Crippen LogP contribution is 2.34. The summed E-state index contributed by atoms with van der Waals surface area (Å²) >= 11 is 0. The molecule has 0 bridgehead atoms. The van der Waals surface area contributed by atoms with Crippen LogP contribution in [-0.2, 0) is 6.42 Å². The lowest BCUT2D eigenvalue weighted by atomic mass is 9.85. The molecule has 2 rings (SSSR count). The molecule has 0 aliphatic heterocycles. The van der Waals surface area contributed by atoms with Crippen LogP contribution in [0.5, 0.6) is 0 Å². The van der Waals surface area contributed by atoms with Gasteiger partial charge in [-0.15, -0.1) is 0 Å². The van der Waals surface area contributed by atoms with Gasteiger partial charge in [-0.25, -0.2) is 0 Å². The molecule has 1 heterocycles. The van der Waals surface area contributed by atoms with E-state index in [1.54, 1.807) is 0 Å². The fraction of sp³-hybridized carbons (Fsp3) is 0.833. The van der Waals surface area contributed by atoms with Crippen LogP contribution in [0.2, 0.25) is 0 Å². The van der Waals surface area contributed by atoms with E-state index in [4.69, 9.17) is 10.3 Å². The Kier molecular flexibility index (Phi) is 3.93. The number of nitrogens with two attached hydrogens (primary N) is 1. The average molecular weight is 223 g/mol. The van der Waals surface area contributed by atoms with Crippen molar-refractivity contribution in [1.29, 1.82) is 0 Å². The van der Waals surface area contributed by atoms with Crippen LogP contribution in [-0.4, -0.2) is 16.7 Å². The molecule has 1 aliphatic carbocycles. The molecule has 0 radical (unpaired) electrons. The van der Waals surface area contributed by atoms with Gasteiger partial charge in [-0.05, 0) is 38.1 Å². The van der Waals surface area contributed by atoms with Crippen molar-refractivity contribution in [2.24, 2.45) is 11.7 Å². The van der Waals surface area contributed by atoms with E-state index < -0.39 is 0 Å². The van der Waals surface area contributed by atoms with E-state index in [2.05, 4.69) is 17.1 Å². The van der Waals surface area contributed by atoms with E-state index in [0.29, 0.717) is 11.8 Å². The van der Waals surface area contributed by atoms with Crippen molar-refractivity contribution in [2.45, 2.75) is 51.4 Å². The van der Waals surface area contributed by atoms with E-state index in [-0.39, 0.29) is 0 Å². The quantitative estimate of drug-likeness (QED) is 0.803. The Balaban J connectivity index is 1.78. The fourth-order valence-corrected chi connectivity index (χ4v) is 2.00. The van der Waals surface area contributed by atoms with Gasteiger partial charge >= 0.3 is 0 Å². The van der Waals surface area contributed by atoms with Gasteiger partial charge in [0.2, 0.25) is 5.89 Å². The number of aromatic nitrogens is 2. The van der Waals surface area contributed by atoms with Crippen LogP contribution in [0.1, 0.15) is 56.7 Å². The van der Waals surface area contributed by atoms with Crippen molar-refractivity contribution in [1.82, 2.24) is 10.1 Å². The van der Waals surface area contributed by atoms with Crippen molar-refractivity contribution < 1.29 is 4.52 Å². The molecule has 1 aromatic rings. The van der Waals surface area contributed by atoms with E-state index in [1.807, 2.05) is 0 Å². The third kappa shape index (κ3) is 2.82. The molecule has 4 nitrogen and oxygen atoms in total. The molecule has 2 N–H and O–H groups in total. The van der Waals surface area contributed by atoms with Gasteiger partial charge in [0.25, 0.3) is 0 Å². The van der Waals surface area contributed by atoms with Crippen LogP contribution >= 0.6 is 0 Å². The summed E-state index contributed by atoms with van der Waals surface area (Å²) < 4.78 is 5.26. The van der Waals surface area contributed by atoms with Gasteiger partial charge in [0.05, 0.1) is 0 Å². The second-order valence-electron chi connectivity index (χ2n) is 4.90. The highest BCUT2D eigenvalue weighted by atomic mass is 16.5. The highest BCUT2D eigenvalue weighted by molar-refractivity contribution is 4.99. The molecule has 1 saturated carbocycles. The molecule has 16 heavy (non-hydrogen) atoms. The normalized spacial score (nSPS) is 18.4. The largest absolute Gasteiger partial charge is 0.339 e. The molecule has 1 aliphatic rings. The predicted molar refractivity (Wildman–Crippen MR) is 62.0 cm³/mol. The molecule has 0 spiro atoms. The SMILES string of the molecule is CC(CCN)CCc1nc(C2CCC2)no1. The zero-order valence-electron chi connectivity index (χ0n) is 9.98. The zero-order valence-corrected chi connectivity index (χ0v) is 9.98. The van der Waals surface area contributed by atoms with Crippen LogP contribution in [0.25, 0.3) is 0 Å². The molecule has 4 heteroatoms. The van der Waals surface area contributed by atoms with Crippen LogP contribution < -0.4 is 5.73 Å². The lowest BCUT2D eigenvalue weighted by Gasteiger charge is -2.20. The number of hydrogen-bond donors (Lipinski definition) is 1. The average Bonchev–Trinajstić information content (AvgIpc) is 2.61. The van der Waals surface area contributed by atoms with Gasteiger partial charge in [-0.2, -0.15) is 4.98 Å². The van der Waals surface area contributed by atoms with E-state index in [9.17, 15) is 0 Å². The Morgan fingerprint density at radius 3 is 2.88 bits per heavy atom. The molecule has 0 aromatic carbocycles. The summed E-state index contributed by atoms with van der Waals surface area (Å²) in [6.07, 6.45) is 6.81. The van der Waals surface area contributed by atoms with Crippen molar-refractivity contribution >= 4 is 0 Å². The molecule has 0 amide bonds. The first kappa shape index (κ1) is 11.6. The Morgan fingerprint density at radius 2 is 2.25 bits per heavy atom. The van der Waals surface area contributed by atoms with Crippen LogP contribution in [0.3, 0.4) is 0 Å². The van der Waals surface area contributed by atoms with Gasteiger partial charge in [-0.3, -0.25) is 0 Å². The summed E-state index contributed by atoms with van der Waals surface area (Å²) in [7, 11) is 0. The van der Waals surface area contributed by atoms with E-state index in [0.717, 1.165) is 37.5 Å². The minimum Gasteiger partial charge on any atom is -0.339 e. The molecule has 1 aromatic heterocycles. The monoisotopic (exact) mass is 223 g/mol. The topological polar surface area (TPSA) is 64.9 Å². The molecular formula is C12H21N3O. The first-order valence-corrected chi connectivity index (χ1v) is 6.32. The lowest BCUT2D eigenvalue weighted by molar-refractivity contribution is 0.340. The van der Waals surface area contributed by atoms with Crippen molar-refractivity contribution in [3.05, 3.63) is 11.7 Å². The third-order valence-corrected chi connectivity index (χ3v) is 3.46. The second kappa shape index (κ2) is 5.43. The Morgan fingerprint density at radius 1 is 1.44 bits per heavy atom. The van der Waals surface area contributed by atoms with Crippen LogP contribution in [0, 0.1) is 5.92 Å². The molecule has 1 fully saturated rings. The predicted octanol–water partition coefficient (Wildman–Crippen LogP) is 2.25. The summed E-state index contributed by atoms with van der Waals surface area (Å²) in [4.78, 5) is 4.46. The van der Waals surface area contributed by atoms with Gasteiger partial charge in [0.1, 0.15) is 0 Å². The zero-order chi connectivity index (χ0) is 11.4. The highest BCUT2D eigenvalue weighted by Gasteiger charge is 2.24. The number of hydrogen-bond acceptors (Lipinski definition) is 4. The fourth-order valence-electron chi connectivity index (χ4n) is 2.00. The summed E-state index contributed by atoms with van der Waals surface area (Å²) in [5.41, 5.74) is 5.52. The maximum Gasteiger partial charge on any atom is 0.226 e. The maximum atomic E-state index is 5.52. The minimum atomic E-state index is 0.568. The maximum absolute atomic E-state index is 5.52. The Bertz CT molecular complexity index is 320.